The number of hydrogen-bond acceptors (Lipinski definition) is 5. The molecule has 0 unspecified atom stereocenters. The Kier molecular flexibility index (Phi) is 5.43. The zero-order valence-electron chi connectivity index (χ0n) is 10.6. The first kappa shape index (κ1) is 15.3. The van der Waals surface area contributed by atoms with Crippen molar-refractivity contribution < 1.29 is 14.7 Å². The highest BCUT2D eigenvalue weighted by Crippen LogP contribution is 2.20. The number of carboxylic acids is 1. The number of likely N-dealkylation sites (tertiary alicyclic amines) is 1. The van der Waals surface area contributed by atoms with Crippen LogP contribution in [0.4, 0.5) is 0 Å². The molecule has 2 atom stereocenters. The van der Waals surface area contributed by atoms with Gasteiger partial charge in [0.15, 0.2) is 0 Å². The number of nitrogens with two attached hydrogens (primary N) is 2. The van der Waals surface area contributed by atoms with Crippen molar-refractivity contribution >= 4 is 23.6 Å². The van der Waals surface area contributed by atoms with Crippen molar-refractivity contribution in [2.24, 2.45) is 11.5 Å². The maximum absolute atomic E-state index is 12.1. The number of nitrogens with zero attached hydrogens (tertiary/aromatic N) is 1. The second kappa shape index (κ2) is 6.40. The summed E-state index contributed by atoms with van der Waals surface area (Å²) in [7, 11) is 0. The Morgan fingerprint density at radius 2 is 2.22 bits per heavy atom. The lowest BCUT2D eigenvalue weighted by atomic mass is 9.90. The van der Waals surface area contributed by atoms with Crippen molar-refractivity contribution in [3.8, 4) is 0 Å². The van der Waals surface area contributed by atoms with Gasteiger partial charge >= 0.3 is 5.97 Å². The predicted octanol–water partition coefficient (Wildman–Crippen LogP) is -0.529. The van der Waals surface area contributed by atoms with Crippen LogP contribution >= 0.6 is 11.8 Å². The third-order valence-corrected chi connectivity index (χ3v) is 3.86. The van der Waals surface area contributed by atoms with E-state index >= 15 is 0 Å². The zero-order valence-corrected chi connectivity index (χ0v) is 11.4. The lowest BCUT2D eigenvalue weighted by Gasteiger charge is -2.38. The molecule has 0 radical (unpaired) electrons. The van der Waals surface area contributed by atoms with Gasteiger partial charge < -0.3 is 21.5 Å². The second-order valence-corrected chi connectivity index (χ2v) is 5.70. The monoisotopic (exact) mass is 275 g/mol. The molecule has 0 saturated carbocycles. The summed E-state index contributed by atoms with van der Waals surface area (Å²) in [5, 5.41) is 9.08. The third kappa shape index (κ3) is 3.60. The van der Waals surface area contributed by atoms with E-state index in [0.717, 1.165) is 5.75 Å². The molecule has 0 aromatic heterocycles. The fourth-order valence-electron chi connectivity index (χ4n) is 2.05. The molecule has 0 spiro atoms. The van der Waals surface area contributed by atoms with E-state index in [2.05, 4.69) is 0 Å². The normalized spacial score (nSPS) is 25.8. The standard InChI is InChI=1S/C11H21N3O3S/c1-18-6-3-8(12)9(15)14-5-2-4-11(13,7-14)10(16)17/h8H,2-7,12-13H2,1H3,(H,16,17)/t8-,11+/m0/s1. The predicted molar refractivity (Wildman–Crippen MR) is 71.3 cm³/mol. The van der Waals surface area contributed by atoms with Crippen LogP contribution in [0.1, 0.15) is 19.3 Å². The highest BCUT2D eigenvalue weighted by atomic mass is 32.2. The molecular formula is C11H21N3O3S. The first-order valence-electron chi connectivity index (χ1n) is 5.96. The number of thioether (sulfide) groups is 1. The molecule has 0 aliphatic carbocycles. The summed E-state index contributed by atoms with van der Waals surface area (Å²) in [6.45, 7) is 0.589. The maximum Gasteiger partial charge on any atom is 0.325 e. The van der Waals surface area contributed by atoms with E-state index in [9.17, 15) is 9.59 Å². The largest absolute Gasteiger partial charge is 0.480 e. The summed E-state index contributed by atoms with van der Waals surface area (Å²) in [4.78, 5) is 24.6. The molecule has 1 aliphatic heterocycles. The van der Waals surface area contributed by atoms with E-state index in [1.54, 1.807) is 11.8 Å². The number of aliphatic carboxylic acids is 1. The summed E-state index contributed by atoms with van der Waals surface area (Å²) in [6.07, 6.45) is 3.55. The molecule has 1 saturated heterocycles. The van der Waals surface area contributed by atoms with Gasteiger partial charge in [-0.2, -0.15) is 11.8 Å². The van der Waals surface area contributed by atoms with E-state index in [1.165, 1.54) is 4.90 Å². The Morgan fingerprint density at radius 3 is 2.78 bits per heavy atom. The molecule has 1 fully saturated rings. The summed E-state index contributed by atoms with van der Waals surface area (Å²) < 4.78 is 0. The highest BCUT2D eigenvalue weighted by Gasteiger charge is 2.40. The summed E-state index contributed by atoms with van der Waals surface area (Å²) in [5.74, 6) is -0.439. The van der Waals surface area contributed by atoms with E-state index in [1.807, 2.05) is 6.26 Å². The molecule has 6 nitrogen and oxygen atoms in total. The van der Waals surface area contributed by atoms with Crippen LogP contribution in [-0.2, 0) is 9.59 Å². The average molecular weight is 275 g/mol. The molecule has 7 heteroatoms. The number of carbonyl (C=O) groups is 2. The number of piperidine rings is 1. The first-order valence-corrected chi connectivity index (χ1v) is 7.35. The SMILES string of the molecule is CSCC[C@H](N)C(=O)N1CCC[C@](N)(C(=O)O)C1. The van der Waals surface area contributed by atoms with E-state index in [-0.39, 0.29) is 12.5 Å². The molecule has 1 aliphatic rings. The Balaban J connectivity index is 2.61. The number of carboxylic acid groups (broad SMARTS) is 1. The quantitative estimate of drug-likeness (QED) is 0.622. The van der Waals surface area contributed by atoms with Gasteiger partial charge in [0.25, 0.3) is 0 Å². The molecule has 104 valence electrons. The van der Waals surface area contributed by atoms with Gasteiger partial charge in [-0.15, -0.1) is 0 Å². The van der Waals surface area contributed by atoms with Gasteiger partial charge in [-0.3, -0.25) is 9.59 Å². The summed E-state index contributed by atoms with van der Waals surface area (Å²) >= 11 is 1.63. The van der Waals surface area contributed by atoms with Crippen LogP contribution in [0, 0.1) is 0 Å². The van der Waals surface area contributed by atoms with Gasteiger partial charge in [0.1, 0.15) is 5.54 Å². The van der Waals surface area contributed by atoms with Gasteiger partial charge in [-0.1, -0.05) is 0 Å². The first-order chi connectivity index (χ1) is 8.40. The zero-order chi connectivity index (χ0) is 13.8. The number of hydrogen-bond donors (Lipinski definition) is 3. The minimum absolute atomic E-state index is 0.0497. The Morgan fingerprint density at radius 1 is 1.56 bits per heavy atom. The third-order valence-electron chi connectivity index (χ3n) is 3.21. The fourth-order valence-corrected chi connectivity index (χ4v) is 2.54. The van der Waals surface area contributed by atoms with Gasteiger partial charge in [-0.25, -0.2) is 0 Å². The maximum atomic E-state index is 12.1. The van der Waals surface area contributed by atoms with Crippen molar-refractivity contribution in [3.05, 3.63) is 0 Å². The molecule has 18 heavy (non-hydrogen) atoms. The lowest BCUT2D eigenvalue weighted by Crippen LogP contribution is -2.62. The average Bonchev–Trinajstić information content (AvgIpc) is 2.34. The van der Waals surface area contributed by atoms with Gasteiger partial charge in [-0.05, 0) is 31.3 Å². The molecular weight excluding hydrogens is 254 g/mol. The van der Waals surface area contributed by atoms with Crippen molar-refractivity contribution in [3.63, 3.8) is 0 Å². The van der Waals surface area contributed by atoms with E-state index in [4.69, 9.17) is 16.6 Å². The van der Waals surface area contributed by atoms with Crippen LogP contribution in [0.5, 0.6) is 0 Å². The van der Waals surface area contributed by atoms with Crippen molar-refractivity contribution in [1.82, 2.24) is 4.90 Å². The van der Waals surface area contributed by atoms with Gasteiger partial charge in [0.2, 0.25) is 5.91 Å². The molecule has 0 aromatic rings. The van der Waals surface area contributed by atoms with Gasteiger partial charge in [0, 0.05) is 13.1 Å². The Labute approximate surface area is 111 Å². The Bertz CT molecular complexity index is 327. The molecule has 1 amide bonds. The van der Waals surface area contributed by atoms with Crippen molar-refractivity contribution in [2.75, 3.05) is 25.1 Å². The smallest absolute Gasteiger partial charge is 0.325 e. The van der Waals surface area contributed by atoms with Crippen LogP contribution in [0.2, 0.25) is 0 Å². The van der Waals surface area contributed by atoms with E-state index < -0.39 is 17.6 Å². The second-order valence-electron chi connectivity index (χ2n) is 4.71. The number of amides is 1. The van der Waals surface area contributed by atoms with Crippen molar-refractivity contribution in [2.45, 2.75) is 30.8 Å². The number of carbonyl (C=O) groups excluding carboxylic acids is 1. The number of rotatable bonds is 5. The lowest BCUT2D eigenvalue weighted by molar-refractivity contribution is -0.148. The molecule has 1 rings (SSSR count). The molecule has 0 bridgehead atoms. The Hall–Kier alpha value is -0.790. The van der Waals surface area contributed by atoms with Crippen LogP contribution in [0.3, 0.4) is 0 Å². The van der Waals surface area contributed by atoms with Crippen LogP contribution < -0.4 is 11.5 Å². The van der Waals surface area contributed by atoms with Crippen LogP contribution in [0.25, 0.3) is 0 Å². The minimum atomic E-state index is -1.33. The van der Waals surface area contributed by atoms with Gasteiger partial charge in [0.05, 0.1) is 6.04 Å². The minimum Gasteiger partial charge on any atom is -0.480 e. The van der Waals surface area contributed by atoms with E-state index in [0.29, 0.717) is 25.8 Å². The van der Waals surface area contributed by atoms with Crippen molar-refractivity contribution in [1.29, 1.82) is 0 Å². The molecule has 0 aromatic carbocycles. The summed E-state index contributed by atoms with van der Waals surface area (Å²) in [5.41, 5.74) is 10.3. The molecule has 1 heterocycles. The van der Waals surface area contributed by atoms with Crippen LogP contribution in [-0.4, -0.2) is 58.6 Å². The topological polar surface area (TPSA) is 110 Å². The fraction of sp³-hybridized carbons (Fsp3) is 0.818. The van der Waals surface area contributed by atoms with Crippen LogP contribution in [0.15, 0.2) is 0 Å². The molecule has 5 N–H and O–H groups in total. The highest BCUT2D eigenvalue weighted by molar-refractivity contribution is 7.98. The summed E-state index contributed by atoms with van der Waals surface area (Å²) in [6, 6.07) is -0.561.